The predicted octanol–water partition coefficient (Wildman–Crippen LogP) is 3.58. The lowest BCUT2D eigenvalue weighted by Crippen LogP contribution is -2.30. The number of hydrogen-bond acceptors (Lipinski definition) is 4. The van der Waals surface area contributed by atoms with Gasteiger partial charge >= 0.3 is 6.09 Å². The van der Waals surface area contributed by atoms with Crippen molar-refractivity contribution in [3.63, 3.8) is 0 Å². The highest BCUT2D eigenvalue weighted by Crippen LogP contribution is 2.28. The molecule has 23 heavy (non-hydrogen) atoms. The Morgan fingerprint density at radius 3 is 2.78 bits per heavy atom. The molecule has 1 aromatic rings. The molecule has 1 aromatic carbocycles. The maximum Gasteiger partial charge on any atom is 0.412 e. The maximum absolute atomic E-state index is 11.9. The van der Waals surface area contributed by atoms with Crippen molar-refractivity contribution < 1.29 is 14.3 Å². The zero-order valence-corrected chi connectivity index (χ0v) is 14.6. The Labute approximate surface area is 138 Å². The summed E-state index contributed by atoms with van der Waals surface area (Å²) in [7, 11) is 1.61. The lowest BCUT2D eigenvalue weighted by molar-refractivity contribution is 0.0635. The van der Waals surface area contributed by atoms with Gasteiger partial charge in [-0.15, -0.1) is 0 Å². The molecule has 2 rings (SSSR count). The molecule has 1 aliphatic heterocycles. The summed E-state index contributed by atoms with van der Waals surface area (Å²) in [6.45, 7) is 7.71. The maximum atomic E-state index is 11.9. The first-order chi connectivity index (χ1) is 10.9. The second-order valence-corrected chi connectivity index (χ2v) is 7.08. The second-order valence-electron chi connectivity index (χ2n) is 7.08. The van der Waals surface area contributed by atoms with Gasteiger partial charge in [0.05, 0.1) is 12.8 Å². The van der Waals surface area contributed by atoms with Gasteiger partial charge in [-0.3, -0.25) is 5.32 Å². The number of methoxy groups -OCH3 is 1. The van der Waals surface area contributed by atoms with Gasteiger partial charge in [-0.1, -0.05) is 6.07 Å². The molecule has 128 valence electrons. The van der Waals surface area contributed by atoms with Gasteiger partial charge in [-0.05, 0) is 76.7 Å². The van der Waals surface area contributed by atoms with E-state index in [2.05, 4.69) is 10.6 Å². The number of carbonyl (C=O) groups is 1. The third-order valence-corrected chi connectivity index (χ3v) is 3.82. The molecule has 1 fully saturated rings. The van der Waals surface area contributed by atoms with Crippen LogP contribution < -0.4 is 15.4 Å². The van der Waals surface area contributed by atoms with Crippen LogP contribution in [0.1, 0.15) is 39.2 Å². The van der Waals surface area contributed by atoms with Crippen molar-refractivity contribution >= 4 is 11.8 Å². The number of ether oxygens (including phenoxy) is 2. The van der Waals surface area contributed by atoms with Crippen LogP contribution in [0.4, 0.5) is 10.5 Å². The molecular weight excluding hydrogens is 292 g/mol. The largest absolute Gasteiger partial charge is 0.495 e. The van der Waals surface area contributed by atoms with Gasteiger partial charge in [0.1, 0.15) is 11.4 Å². The Hall–Kier alpha value is -1.75. The van der Waals surface area contributed by atoms with Crippen molar-refractivity contribution in [3.05, 3.63) is 23.8 Å². The van der Waals surface area contributed by atoms with Crippen molar-refractivity contribution in [2.45, 2.75) is 45.6 Å². The molecule has 1 unspecified atom stereocenters. The minimum Gasteiger partial charge on any atom is -0.495 e. The molecule has 1 amide bonds. The van der Waals surface area contributed by atoms with Crippen LogP contribution in [0.2, 0.25) is 0 Å². The summed E-state index contributed by atoms with van der Waals surface area (Å²) in [5.74, 6) is 1.33. The van der Waals surface area contributed by atoms with E-state index < -0.39 is 11.7 Å². The number of rotatable bonds is 4. The summed E-state index contributed by atoms with van der Waals surface area (Å²) in [6.07, 6.45) is 3.05. The summed E-state index contributed by atoms with van der Waals surface area (Å²) >= 11 is 0. The quantitative estimate of drug-likeness (QED) is 0.890. The smallest absolute Gasteiger partial charge is 0.412 e. The van der Waals surface area contributed by atoms with Crippen molar-refractivity contribution in [2.24, 2.45) is 5.92 Å². The van der Waals surface area contributed by atoms with Crippen molar-refractivity contribution in [3.8, 4) is 5.75 Å². The fourth-order valence-electron chi connectivity index (χ4n) is 2.81. The number of nitrogens with one attached hydrogen (secondary N) is 2. The second kappa shape index (κ2) is 7.68. The minimum absolute atomic E-state index is 0.472. The molecule has 5 heteroatoms. The van der Waals surface area contributed by atoms with E-state index >= 15 is 0 Å². The van der Waals surface area contributed by atoms with Crippen LogP contribution in [0.15, 0.2) is 18.2 Å². The number of benzene rings is 1. The van der Waals surface area contributed by atoms with E-state index in [1.807, 2.05) is 39.0 Å². The van der Waals surface area contributed by atoms with E-state index in [9.17, 15) is 4.79 Å². The topological polar surface area (TPSA) is 59.6 Å². The van der Waals surface area contributed by atoms with Gasteiger partial charge in [0.15, 0.2) is 0 Å². The number of hydrogen-bond donors (Lipinski definition) is 2. The van der Waals surface area contributed by atoms with Gasteiger partial charge in [-0.2, -0.15) is 0 Å². The summed E-state index contributed by atoms with van der Waals surface area (Å²) in [5.41, 5.74) is 1.34. The van der Waals surface area contributed by atoms with Gasteiger partial charge in [-0.25, -0.2) is 4.79 Å². The van der Waals surface area contributed by atoms with Gasteiger partial charge in [0, 0.05) is 0 Å². The minimum atomic E-state index is -0.523. The number of carbonyl (C=O) groups excluding carboxylic acids is 1. The lowest BCUT2D eigenvalue weighted by atomic mass is 9.92. The average molecular weight is 320 g/mol. The first-order valence-corrected chi connectivity index (χ1v) is 8.25. The van der Waals surface area contributed by atoms with Crippen LogP contribution in [0.25, 0.3) is 0 Å². The molecule has 5 nitrogen and oxygen atoms in total. The molecule has 0 saturated carbocycles. The molecule has 0 aliphatic carbocycles. The first kappa shape index (κ1) is 17.6. The summed E-state index contributed by atoms with van der Waals surface area (Å²) < 4.78 is 10.7. The molecule has 1 atom stereocenters. The van der Waals surface area contributed by atoms with Gasteiger partial charge < -0.3 is 14.8 Å². The molecule has 1 aliphatic rings. The van der Waals surface area contributed by atoms with Crippen LogP contribution >= 0.6 is 0 Å². The van der Waals surface area contributed by atoms with Crippen LogP contribution in [0.5, 0.6) is 5.75 Å². The standard InChI is InChI=1S/C18H28N2O3/c1-18(2,3)23-17(21)20-15-8-7-13(11-16(15)22-4)10-14-6-5-9-19-12-14/h7-8,11,14,19H,5-6,9-10,12H2,1-4H3,(H,20,21). The fourth-order valence-corrected chi connectivity index (χ4v) is 2.81. The summed E-state index contributed by atoms with van der Waals surface area (Å²) in [5, 5.41) is 6.19. The molecular formula is C18H28N2O3. The van der Waals surface area contributed by atoms with Gasteiger partial charge in [0.25, 0.3) is 0 Å². The Balaban J connectivity index is 2.02. The molecule has 1 saturated heterocycles. The Kier molecular flexibility index (Phi) is 5.88. The molecule has 0 aromatic heterocycles. The average Bonchev–Trinajstić information content (AvgIpc) is 2.48. The van der Waals surface area contributed by atoms with E-state index in [1.54, 1.807) is 7.11 Å². The molecule has 0 bridgehead atoms. The molecule has 2 N–H and O–H groups in total. The van der Waals surface area contributed by atoms with E-state index in [0.29, 0.717) is 17.4 Å². The first-order valence-electron chi connectivity index (χ1n) is 8.25. The zero-order chi connectivity index (χ0) is 16.9. The van der Waals surface area contributed by atoms with E-state index in [1.165, 1.54) is 18.4 Å². The van der Waals surface area contributed by atoms with Crippen molar-refractivity contribution in [2.75, 3.05) is 25.5 Å². The van der Waals surface area contributed by atoms with Crippen molar-refractivity contribution in [1.29, 1.82) is 0 Å². The monoisotopic (exact) mass is 320 g/mol. The third kappa shape index (κ3) is 5.75. The lowest BCUT2D eigenvalue weighted by Gasteiger charge is -2.23. The Morgan fingerprint density at radius 2 is 2.17 bits per heavy atom. The molecule has 0 radical (unpaired) electrons. The normalized spacial score (nSPS) is 18.3. The number of piperidine rings is 1. The van der Waals surface area contributed by atoms with E-state index in [4.69, 9.17) is 9.47 Å². The van der Waals surface area contributed by atoms with E-state index in [-0.39, 0.29) is 0 Å². The van der Waals surface area contributed by atoms with Crippen LogP contribution in [-0.2, 0) is 11.2 Å². The summed E-state index contributed by atoms with van der Waals surface area (Å²) in [4.78, 5) is 11.9. The summed E-state index contributed by atoms with van der Waals surface area (Å²) in [6, 6.07) is 5.93. The predicted molar refractivity (Wildman–Crippen MR) is 92.1 cm³/mol. The highest BCUT2D eigenvalue weighted by molar-refractivity contribution is 5.87. The molecule has 0 spiro atoms. The Bertz CT molecular complexity index is 532. The highest BCUT2D eigenvalue weighted by atomic mass is 16.6. The fraction of sp³-hybridized carbons (Fsp3) is 0.611. The molecule has 1 heterocycles. The van der Waals surface area contributed by atoms with Crippen LogP contribution in [0.3, 0.4) is 0 Å². The van der Waals surface area contributed by atoms with Crippen molar-refractivity contribution in [1.82, 2.24) is 5.32 Å². The van der Waals surface area contributed by atoms with E-state index in [0.717, 1.165) is 19.5 Å². The SMILES string of the molecule is COc1cc(CC2CCCNC2)ccc1NC(=O)OC(C)(C)C. The van der Waals surface area contributed by atoms with Gasteiger partial charge in [0.2, 0.25) is 0 Å². The third-order valence-electron chi connectivity index (χ3n) is 3.82. The highest BCUT2D eigenvalue weighted by Gasteiger charge is 2.18. The van der Waals surface area contributed by atoms with Crippen LogP contribution in [0, 0.1) is 5.92 Å². The number of anilines is 1. The van der Waals surface area contributed by atoms with Crippen LogP contribution in [-0.4, -0.2) is 31.9 Å². The number of amides is 1. The Morgan fingerprint density at radius 1 is 1.39 bits per heavy atom. The zero-order valence-electron chi connectivity index (χ0n) is 14.6.